The number of hydrogen-bond donors (Lipinski definition) is 0. The molecule has 3 aromatic carbocycles. The quantitative estimate of drug-likeness (QED) is 0.288. The van der Waals surface area contributed by atoms with E-state index in [9.17, 15) is 0 Å². The molecule has 4 rings (SSSR count). The predicted molar refractivity (Wildman–Crippen MR) is 145 cm³/mol. The molecule has 34 heavy (non-hydrogen) atoms. The molecule has 0 aromatic heterocycles. The van der Waals surface area contributed by atoms with Gasteiger partial charge < -0.3 is 0 Å². The second-order valence-electron chi connectivity index (χ2n) is 9.99. The lowest BCUT2D eigenvalue weighted by Gasteiger charge is -2.24. The fourth-order valence-corrected chi connectivity index (χ4v) is 4.21. The van der Waals surface area contributed by atoms with Crippen LogP contribution in [0.3, 0.4) is 0 Å². The van der Waals surface area contributed by atoms with Gasteiger partial charge in [0.25, 0.3) is 0 Å². The molecule has 3 heteroatoms. The zero-order valence-electron chi connectivity index (χ0n) is 20.6. The van der Waals surface area contributed by atoms with E-state index in [1.165, 1.54) is 19.3 Å². The molecule has 0 N–H and O–H groups in total. The lowest BCUT2D eigenvalue weighted by molar-refractivity contribution is 0.437. The van der Waals surface area contributed by atoms with Crippen LogP contribution in [-0.2, 0) is 0 Å². The van der Waals surface area contributed by atoms with Crippen molar-refractivity contribution in [3.8, 4) is 0 Å². The third-order valence-corrected chi connectivity index (χ3v) is 6.11. The van der Waals surface area contributed by atoms with Crippen LogP contribution in [0.2, 0.25) is 0 Å². The highest BCUT2D eigenvalue weighted by Gasteiger charge is 2.23. The van der Waals surface area contributed by atoms with Crippen LogP contribution in [0.5, 0.6) is 0 Å². The summed E-state index contributed by atoms with van der Waals surface area (Å²) in [5.41, 5.74) is 3.87. The van der Waals surface area contributed by atoms with Gasteiger partial charge in [-0.25, -0.2) is 9.98 Å². The van der Waals surface area contributed by atoms with Gasteiger partial charge in [-0.1, -0.05) is 131 Å². The Hall–Kier alpha value is -3.33. The highest BCUT2D eigenvalue weighted by Crippen LogP contribution is 2.25. The van der Waals surface area contributed by atoms with E-state index in [1.54, 1.807) is 0 Å². The van der Waals surface area contributed by atoms with E-state index in [2.05, 4.69) is 81.4 Å². The van der Waals surface area contributed by atoms with Crippen LogP contribution in [0.15, 0.2) is 106 Å². The predicted octanol–water partition coefficient (Wildman–Crippen LogP) is 7.75. The monoisotopic (exact) mass is 449 g/mol. The first-order valence-corrected chi connectivity index (χ1v) is 12.4. The summed E-state index contributed by atoms with van der Waals surface area (Å²) in [6, 6.07) is 31.3. The summed E-state index contributed by atoms with van der Waals surface area (Å²) in [5.74, 6) is 1.58. The summed E-state index contributed by atoms with van der Waals surface area (Å²) in [5, 5.41) is 0. The smallest absolute Gasteiger partial charge is 0.161 e. The Morgan fingerprint density at radius 1 is 0.618 bits per heavy atom. The Kier molecular flexibility index (Phi) is 7.84. The van der Waals surface area contributed by atoms with Gasteiger partial charge in [-0.2, -0.15) is 0 Å². The molecule has 0 aliphatic heterocycles. The van der Waals surface area contributed by atoms with Crippen LogP contribution in [0.4, 0.5) is 0 Å². The SMILES string of the molecule is CC(C)(C)C(N=C(N=C(c1ccccc1)c1ccccc1)c1ccccc1)=NC1CCCCC1. The van der Waals surface area contributed by atoms with E-state index >= 15 is 0 Å². The molecule has 0 radical (unpaired) electrons. The molecule has 1 aliphatic rings. The van der Waals surface area contributed by atoms with Gasteiger partial charge in [0, 0.05) is 22.1 Å². The molecule has 0 unspecified atom stereocenters. The molecule has 0 amide bonds. The molecule has 174 valence electrons. The van der Waals surface area contributed by atoms with Crippen molar-refractivity contribution in [1.29, 1.82) is 0 Å². The Labute approximate surface area is 204 Å². The van der Waals surface area contributed by atoms with Crippen molar-refractivity contribution >= 4 is 17.4 Å². The van der Waals surface area contributed by atoms with Gasteiger partial charge >= 0.3 is 0 Å². The zero-order valence-corrected chi connectivity index (χ0v) is 20.6. The maximum Gasteiger partial charge on any atom is 0.161 e. The summed E-state index contributed by atoms with van der Waals surface area (Å²) >= 11 is 0. The molecule has 1 aliphatic carbocycles. The van der Waals surface area contributed by atoms with E-state index < -0.39 is 0 Å². The first-order valence-electron chi connectivity index (χ1n) is 12.4. The number of hydrogen-bond acceptors (Lipinski definition) is 1. The zero-order chi connectivity index (χ0) is 23.8. The summed E-state index contributed by atoms with van der Waals surface area (Å²) in [4.78, 5) is 15.6. The van der Waals surface area contributed by atoms with Crippen molar-refractivity contribution in [3.63, 3.8) is 0 Å². The van der Waals surface area contributed by atoms with E-state index in [0.717, 1.165) is 41.1 Å². The van der Waals surface area contributed by atoms with Crippen LogP contribution in [0, 0.1) is 5.41 Å². The lowest BCUT2D eigenvalue weighted by atomic mass is 9.92. The third-order valence-electron chi connectivity index (χ3n) is 6.11. The molecule has 1 fully saturated rings. The van der Waals surface area contributed by atoms with Crippen LogP contribution < -0.4 is 0 Å². The number of nitrogens with zero attached hydrogens (tertiary/aromatic N) is 3. The number of aliphatic imine (C=N–C) groups is 3. The Balaban J connectivity index is 1.88. The normalized spacial score (nSPS) is 15.7. The molecular weight excluding hydrogens is 414 g/mol. The van der Waals surface area contributed by atoms with E-state index in [1.807, 2.05) is 30.3 Å². The second-order valence-corrected chi connectivity index (χ2v) is 9.99. The molecular formula is C31H35N3. The van der Waals surface area contributed by atoms with Gasteiger partial charge in [-0.3, -0.25) is 4.99 Å². The standard InChI is InChI=1S/C31H35N3/c1-31(2,3)30(32-27-22-14-7-15-23-27)34-29(26-20-12-6-13-21-26)33-28(24-16-8-4-9-17-24)25-18-10-5-11-19-25/h4-6,8-13,16-21,27H,7,14-15,22-23H2,1-3H3. The average Bonchev–Trinajstić information content (AvgIpc) is 2.87. The van der Waals surface area contributed by atoms with Crippen LogP contribution in [0.1, 0.15) is 69.6 Å². The maximum absolute atomic E-state index is 5.22. The molecule has 0 spiro atoms. The largest absolute Gasteiger partial charge is 0.267 e. The minimum atomic E-state index is -0.174. The summed E-state index contributed by atoms with van der Waals surface area (Å²) < 4.78 is 0. The number of rotatable bonds is 4. The molecule has 0 atom stereocenters. The second kappa shape index (κ2) is 11.2. The molecule has 0 saturated heterocycles. The van der Waals surface area contributed by atoms with Crippen molar-refractivity contribution in [3.05, 3.63) is 108 Å². The van der Waals surface area contributed by atoms with E-state index in [-0.39, 0.29) is 5.41 Å². The van der Waals surface area contributed by atoms with Gasteiger partial charge in [-0.05, 0) is 12.8 Å². The fraction of sp³-hybridized carbons (Fsp3) is 0.323. The highest BCUT2D eigenvalue weighted by molar-refractivity contribution is 6.21. The summed E-state index contributed by atoms with van der Waals surface area (Å²) in [6.45, 7) is 6.58. The molecule has 0 heterocycles. The fourth-order valence-electron chi connectivity index (χ4n) is 4.21. The van der Waals surface area contributed by atoms with Crippen LogP contribution in [0.25, 0.3) is 0 Å². The number of benzene rings is 3. The van der Waals surface area contributed by atoms with Crippen LogP contribution in [-0.4, -0.2) is 23.4 Å². The van der Waals surface area contributed by atoms with E-state index in [4.69, 9.17) is 15.0 Å². The summed E-state index contributed by atoms with van der Waals surface area (Å²) in [7, 11) is 0. The Bertz CT molecular complexity index is 1090. The minimum Gasteiger partial charge on any atom is -0.267 e. The summed E-state index contributed by atoms with van der Waals surface area (Å²) in [6.07, 6.45) is 6.13. The lowest BCUT2D eigenvalue weighted by Crippen LogP contribution is -2.24. The van der Waals surface area contributed by atoms with Gasteiger partial charge in [0.05, 0.1) is 11.8 Å². The molecule has 3 aromatic rings. The topological polar surface area (TPSA) is 37.1 Å². The third kappa shape index (κ3) is 6.38. The van der Waals surface area contributed by atoms with Crippen molar-refractivity contribution in [2.24, 2.45) is 20.4 Å². The molecule has 0 bridgehead atoms. The van der Waals surface area contributed by atoms with Gasteiger partial charge in [0.2, 0.25) is 0 Å². The van der Waals surface area contributed by atoms with Gasteiger partial charge in [0.15, 0.2) is 5.84 Å². The van der Waals surface area contributed by atoms with Gasteiger partial charge in [-0.15, -0.1) is 0 Å². The van der Waals surface area contributed by atoms with Crippen LogP contribution >= 0.6 is 0 Å². The van der Waals surface area contributed by atoms with Gasteiger partial charge in [0.1, 0.15) is 5.84 Å². The Morgan fingerprint density at radius 3 is 1.56 bits per heavy atom. The highest BCUT2D eigenvalue weighted by atomic mass is 15.0. The number of amidine groups is 2. The first kappa shape index (κ1) is 23.8. The maximum atomic E-state index is 5.22. The van der Waals surface area contributed by atoms with E-state index in [0.29, 0.717) is 11.9 Å². The molecule has 1 saturated carbocycles. The van der Waals surface area contributed by atoms with Crippen molar-refractivity contribution in [2.45, 2.75) is 58.9 Å². The first-order chi connectivity index (χ1) is 16.5. The van der Waals surface area contributed by atoms with Crippen molar-refractivity contribution < 1.29 is 0 Å². The van der Waals surface area contributed by atoms with Crippen molar-refractivity contribution in [2.75, 3.05) is 0 Å². The average molecular weight is 450 g/mol. The Morgan fingerprint density at radius 2 is 1.09 bits per heavy atom. The van der Waals surface area contributed by atoms with Crippen molar-refractivity contribution in [1.82, 2.24) is 0 Å². The minimum absolute atomic E-state index is 0.174. The molecule has 3 nitrogen and oxygen atoms in total.